The van der Waals surface area contributed by atoms with Crippen LogP contribution in [0.15, 0.2) is 23.1 Å². The van der Waals surface area contributed by atoms with Gasteiger partial charge in [0.15, 0.2) is 0 Å². The molecule has 0 aliphatic heterocycles. The molecule has 0 unspecified atom stereocenters. The van der Waals surface area contributed by atoms with E-state index in [0.717, 1.165) is 0 Å². The van der Waals surface area contributed by atoms with E-state index >= 15 is 0 Å². The van der Waals surface area contributed by atoms with Crippen molar-refractivity contribution < 1.29 is 9.66 Å². The number of nitrogens with zero attached hydrogens (tertiary/aromatic N) is 3. The Morgan fingerprint density at radius 3 is 2.85 bits per heavy atom. The number of hydrogen-bond acceptors (Lipinski definition) is 5. The maximum atomic E-state index is 12.5. The summed E-state index contributed by atoms with van der Waals surface area (Å²) < 4.78 is 6.54. The van der Waals surface area contributed by atoms with Gasteiger partial charge in [0.1, 0.15) is 16.7 Å². The topological polar surface area (TPSA) is 103 Å². The maximum absolute atomic E-state index is 12.5. The first-order chi connectivity index (χ1) is 9.54. The molecule has 3 aromatic rings. The number of aromatic amines is 1. The van der Waals surface area contributed by atoms with Gasteiger partial charge >= 0.3 is 0 Å². The zero-order valence-electron chi connectivity index (χ0n) is 10.7. The Balaban J connectivity index is 2.64. The standard InChI is InChI=1S/C12H10N4O4/c1-15-11-6(5-13-15)14-10-8(20-2)4-3-7(16(18)19)9(10)12(11)17/h3-5H,1-2H3,(H,14,17). The minimum Gasteiger partial charge on any atom is -0.495 e. The quantitative estimate of drug-likeness (QED) is 0.561. The Hall–Kier alpha value is -2.90. The van der Waals surface area contributed by atoms with Crippen LogP contribution in [0.2, 0.25) is 0 Å². The molecule has 0 aliphatic carbocycles. The third-order valence-corrected chi connectivity index (χ3v) is 3.20. The van der Waals surface area contributed by atoms with Gasteiger partial charge in [0, 0.05) is 13.1 Å². The SMILES string of the molecule is COc1ccc([N+](=O)[O-])c2c(=O)c3c(cnn3C)[nH]c12. The van der Waals surface area contributed by atoms with E-state index in [1.165, 1.54) is 30.1 Å². The Bertz CT molecular complexity index is 909. The molecule has 2 heterocycles. The first-order valence-electron chi connectivity index (χ1n) is 5.73. The molecule has 1 aromatic carbocycles. The molecular weight excluding hydrogens is 264 g/mol. The number of non-ortho nitro benzene ring substituents is 1. The van der Waals surface area contributed by atoms with Crippen molar-refractivity contribution in [1.82, 2.24) is 14.8 Å². The number of nitro groups is 1. The van der Waals surface area contributed by atoms with Crippen LogP contribution in [-0.4, -0.2) is 26.8 Å². The van der Waals surface area contributed by atoms with E-state index in [-0.39, 0.29) is 16.6 Å². The molecule has 0 aliphatic rings. The second kappa shape index (κ2) is 4.05. The fourth-order valence-corrected chi connectivity index (χ4v) is 2.30. The molecule has 0 saturated carbocycles. The molecule has 0 amide bonds. The van der Waals surface area contributed by atoms with Gasteiger partial charge in [-0.05, 0) is 6.07 Å². The number of nitro benzene ring substituents is 1. The molecule has 2 aromatic heterocycles. The fourth-order valence-electron chi connectivity index (χ4n) is 2.30. The lowest BCUT2D eigenvalue weighted by molar-refractivity contribution is -0.383. The summed E-state index contributed by atoms with van der Waals surface area (Å²) in [6.45, 7) is 0. The van der Waals surface area contributed by atoms with Crippen molar-refractivity contribution in [1.29, 1.82) is 0 Å². The molecule has 0 spiro atoms. The van der Waals surface area contributed by atoms with Crippen LogP contribution >= 0.6 is 0 Å². The molecule has 20 heavy (non-hydrogen) atoms. The largest absolute Gasteiger partial charge is 0.495 e. The minimum atomic E-state index is -0.584. The van der Waals surface area contributed by atoms with Crippen LogP contribution in [-0.2, 0) is 7.05 Å². The Kier molecular flexibility index (Phi) is 2.46. The third kappa shape index (κ3) is 1.48. The van der Waals surface area contributed by atoms with Gasteiger partial charge in [0.2, 0.25) is 5.43 Å². The van der Waals surface area contributed by atoms with Gasteiger partial charge < -0.3 is 9.72 Å². The predicted octanol–water partition coefficient (Wildman–Crippen LogP) is 1.33. The molecule has 0 radical (unpaired) electrons. The maximum Gasteiger partial charge on any atom is 0.283 e. The molecule has 8 nitrogen and oxygen atoms in total. The van der Waals surface area contributed by atoms with Crippen molar-refractivity contribution in [2.75, 3.05) is 7.11 Å². The van der Waals surface area contributed by atoms with Crippen molar-refractivity contribution >= 4 is 27.6 Å². The monoisotopic (exact) mass is 274 g/mol. The highest BCUT2D eigenvalue weighted by Crippen LogP contribution is 2.30. The van der Waals surface area contributed by atoms with Crippen LogP contribution < -0.4 is 10.2 Å². The number of aryl methyl sites for hydroxylation is 1. The van der Waals surface area contributed by atoms with Gasteiger partial charge in [-0.2, -0.15) is 5.10 Å². The average Bonchev–Trinajstić information content (AvgIpc) is 2.79. The minimum absolute atomic E-state index is 0.00884. The molecule has 8 heteroatoms. The number of nitrogens with one attached hydrogen (secondary N) is 1. The normalized spacial score (nSPS) is 11.1. The summed E-state index contributed by atoms with van der Waals surface area (Å²) in [5.41, 5.74) is 0.384. The Labute approximate surface area is 111 Å². The molecule has 0 fully saturated rings. The molecule has 0 bridgehead atoms. The van der Waals surface area contributed by atoms with Crippen molar-refractivity contribution in [2.24, 2.45) is 7.05 Å². The smallest absolute Gasteiger partial charge is 0.283 e. The molecule has 0 atom stereocenters. The van der Waals surface area contributed by atoms with E-state index in [9.17, 15) is 14.9 Å². The molecule has 102 valence electrons. The van der Waals surface area contributed by atoms with Crippen molar-refractivity contribution in [3.63, 3.8) is 0 Å². The van der Waals surface area contributed by atoms with E-state index in [0.29, 0.717) is 16.8 Å². The Morgan fingerprint density at radius 1 is 1.45 bits per heavy atom. The summed E-state index contributed by atoms with van der Waals surface area (Å²) in [5, 5.41) is 15.1. The van der Waals surface area contributed by atoms with Gasteiger partial charge in [-0.25, -0.2) is 0 Å². The van der Waals surface area contributed by atoms with Crippen LogP contribution in [0.1, 0.15) is 0 Å². The fraction of sp³-hybridized carbons (Fsp3) is 0.167. The highest BCUT2D eigenvalue weighted by molar-refractivity contribution is 5.98. The van der Waals surface area contributed by atoms with Crippen molar-refractivity contribution in [3.8, 4) is 5.75 Å². The van der Waals surface area contributed by atoms with E-state index in [1.807, 2.05) is 0 Å². The second-order valence-electron chi connectivity index (χ2n) is 4.28. The number of fused-ring (bicyclic) bond motifs is 2. The molecule has 1 N–H and O–H groups in total. The number of H-pyrrole nitrogens is 1. The van der Waals surface area contributed by atoms with Gasteiger partial charge in [-0.1, -0.05) is 0 Å². The molecular formula is C12H10N4O4. The van der Waals surface area contributed by atoms with Crippen molar-refractivity contribution in [2.45, 2.75) is 0 Å². The highest BCUT2D eigenvalue weighted by Gasteiger charge is 2.21. The van der Waals surface area contributed by atoms with E-state index in [2.05, 4.69) is 10.1 Å². The number of methoxy groups -OCH3 is 1. The van der Waals surface area contributed by atoms with Gasteiger partial charge in [-0.3, -0.25) is 19.6 Å². The van der Waals surface area contributed by atoms with Crippen LogP contribution in [0, 0.1) is 10.1 Å². The first-order valence-corrected chi connectivity index (χ1v) is 5.73. The number of benzene rings is 1. The van der Waals surface area contributed by atoms with Crippen LogP contribution in [0.3, 0.4) is 0 Å². The van der Waals surface area contributed by atoms with Crippen LogP contribution in [0.25, 0.3) is 21.9 Å². The predicted molar refractivity (Wildman–Crippen MR) is 72.0 cm³/mol. The number of ether oxygens (including phenoxy) is 1. The van der Waals surface area contributed by atoms with Crippen LogP contribution in [0.5, 0.6) is 5.75 Å². The van der Waals surface area contributed by atoms with Gasteiger partial charge in [0.05, 0.1) is 29.3 Å². The average molecular weight is 274 g/mol. The summed E-state index contributed by atoms with van der Waals surface area (Å²) in [6.07, 6.45) is 1.49. The van der Waals surface area contributed by atoms with Gasteiger partial charge in [0.25, 0.3) is 5.69 Å². The number of rotatable bonds is 2. The summed E-state index contributed by atoms with van der Waals surface area (Å²) >= 11 is 0. The van der Waals surface area contributed by atoms with E-state index in [1.54, 1.807) is 7.05 Å². The lowest BCUT2D eigenvalue weighted by Gasteiger charge is -2.06. The van der Waals surface area contributed by atoms with Gasteiger partial charge in [-0.15, -0.1) is 0 Å². The summed E-state index contributed by atoms with van der Waals surface area (Å²) in [7, 11) is 3.04. The summed E-state index contributed by atoms with van der Waals surface area (Å²) in [6, 6.07) is 2.72. The highest BCUT2D eigenvalue weighted by atomic mass is 16.6. The van der Waals surface area contributed by atoms with Crippen LogP contribution in [0.4, 0.5) is 5.69 Å². The Morgan fingerprint density at radius 2 is 2.20 bits per heavy atom. The second-order valence-corrected chi connectivity index (χ2v) is 4.28. The zero-order valence-corrected chi connectivity index (χ0v) is 10.7. The van der Waals surface area contributed by atoms with E-state index < -0.39 is 10.4 Å². The van der Waals surface area contributed by atoms with Crippen molar-refractivity contribution in [3.05, 3.63) is 38.7 Å². The van der Waals surface area contributed by atoms with E-state index in [4.69, 9.17) is 4.74 Å². The lowest BCUT2D eigenvalue weighted by atomic mass is 10.1. The lowest BCUT2D eigenvalue weighted by Crippen LogP contribution is -2.10. The zero-order chi connectivity index (χ0) is 14.4. The number of hydrogen-bond donors (Lipinski definition) is 1. The summed E-state index contributed by atoms with van der Waals surface area (Å²) in [5.74, 6) is 0.369. The number of pyridine rings is 1. The molecule has 3 rings (SSSR count). The summed E-state index contributed by atoms with van der Waals surface area (Å²) in [4.78, 5) is 26.0. The first kappa shape index (κ1) is 12.2. The third-order valence-electron chi connectivity index (χ3n) is 3.20. The number of aromatic nitrogens is 3. The molecule has 0 saturated heterocycles.